The van der Waals surface area contributed by atoms with Crippen LogP contribution in [0.3, 0.4) is 0 Å². The third kappa shape index (κ3) is 3.23. The smallest absolute Gasteiger partial charge is 0.253 e. The van der Waals surface area contributed by atoms with Gasteiger partial charge in [0.2, 0.25) is 0 Å². The molecular formula is C13H17NO2S. The number of hydrogen-bond acceptors (Lipinski definition) is 3. The molecular weight excluding hydrogens is 234 g/mol. The number of carbonyl (C=O) groups is 1. The van der Waals surface area contributed by atoms with Gasteiger partial charge >= 0.3 is 0 Å². The molecule has 0 spiro atoms. The summed E-state index contributed by atoms with van der Waals surface area (Å²) >= 11 is 4.24. The second-order valence-corrected chi connectivity index (χ2v) is 4.89. The normalized spacial score (nSPS) is 19.3. The van der Waals surface area contributed by atoms with Gasteiger partial charge in [0.1, 0.15) is 0 Å². The minimum absolute atomic E-state index is 0.0244. The van der Waals surface area contributed by atoms with Crippen molar-refractivity contribution in [3.05, 3.63) is 29.8 Å². The topological polar surface area (TPSA) is 29.5 Å². The van der Waals surface area contributed by atoms with E-state index in [1.165, 1.54) is 0 Å². The zero-order chi connectivity index (χ0) is 12.3. The van der Waals surface area contributed by atoms with Crippen molar-refractivity contribution in [2.45, 2.75) is 23.8 Å². The predicted molar refractivity (Wildman–Crippen MR) is 69.6 cm³/mol. The molecule has 1 heterocycles. The summed E-state index contributed by atoms with van der Waals surface area (Å²) in [6.45, 7) is 1.48. The van der Waals surface area contributed by atoms with E-state index in [0.717, 1.165) is 24.3 Å². The lowest BCUT2D eigenvalue weighted by Crippen LogP contribution is -2.34. The summed E-state index contributed by atoms with van der Waals surface area (Å²) < 4.78 is 5.52. The van der Waals surface area contributed by atoms with E-state index in [0.29, 0.717) is 12.1 Å². The van der Waals surface area contributed by atoms with Gasteiger partial charge in [-0.15, -0.1) is 12.6 Å². The minimum atomic E-state index is 0.0244. The Kier molecular flexibility index (Phi) is 4.07. The second kappa shape index (κ2) is 5.56. The molecule has 1 aromatic rings. The Bertz CT molecular complexity index is 402. The maximum absolute atomic E-state index is 12.1. The minimum Gasteiger partial charge on any atom is -0.376 e. The number of hydrogen-bond donors (Lipinski definition) is 1. The summed E-state index contributed by atoms with van der Waals surface area (Å²) in [6.07, 6.45) is 2.34. The molecule has 3 nitrogen and oxygen atoms in total. The van der Waals surface area contributed by atoms with Gasteiger partial charge < -0.3 is 9.64 Å². The summed E-state index contributed by atoms with van der Waals surface area (Å²) in [6, 6.07) is 7.31. The summed E-state index contributed by atoms with van der Waals surface area (Å²) in [4.78, 5) is 14.6. The van der Waals surface area contributed by atoms with Crippen LogP contribution in [-0.4, -0.2) is 37.1 Å². The van der Waals surface area contributed by atoms with Crippen LogP contribution in [0.1, 0.15) is 23.2 Å². The van der Waals surface area contributed by atoms with Gasteiger partial charge in [-0.3, -0.25) is 4.79 Å². The van der Waals surface area contributed by atoms with E-state index in [4.69, 9.17) is 4.74 Å². The SMILES string of the molecule is CN(CC1CCCO1)C(=O)c1cccc(S)c1. The van der Waals surface area contributed by atoms with Gasteiger partial charge in [-0.1, -0.05) is 6.07 Å². The Morgan fingerprint density at radius 3 is 3.06 bits per heavy atom. The first-order chi connectivity index (χ1) is 8.16. The largest absolute Gasteiger partial charge is 0.376 e. The molecule has 92 valence electrons. The van der Waals surface area contributed by atoms with Crippen molar-refractivity contribution in [1.82, 2.24) is 4.90 Å². The Hall–Kier alpha value is -1.00. The molecule has 0 aromatic heterocycles. The fourth-order valence-electron chi connectivity index (χ4n) is 2.04. The molecule has 1 aliphatic rings. The van der Waals surface area contributed by atoms with Gasteiger partial charge in [-0.25, -0.2) is 0 Å². The Morgan fingerprint density at radius 2 is 2.41 bits per heavy atom. The summed E-state index contributed by atoms with van der Waals surface area (Å²) in [5.41, 5.74) is 0.679. The number of thiol groups is 1. The van der Waals surface area contributed by atoms with Crippen molar-refractivity contribution >= 4 is 18.5 Å². The molecule has 0 radical (unpaired) electrons. The van der Waals surface area contributed by atoms with Crippen LogP contribution in [0.2, 0.25) is 0 Å². The number of likely N-dealkylation sites (N-methyl/N-ethyl adjacent to an activating group) is 1. The van der Waals surface area contributed by atoms with Crippen LogP contribution in [0.25, 0.3) is 0 Å². The van der Waals surface area contributed by atoms with Crippen LogP contribution in [0.15, 0.2) is 29.2 Å². The van der Waals surface area contributed by atoms with Crippen molar-refractivity contribution in [2.75, 3.05) is 20.2 Å². The van der Waals surface area contributed by atoms with Crippen LogP contribution >= 0.6 is 12.6 Å². The van der Waals surface area contributed by atoms with E-state index in [1.807, 2.05) is 25.2 Å². The molecule has 0 bridgehead atoms. The lowest BCUT2D eigenvalue weighted by atomic mass is 10.2. The van der Waals surface area contributed by atoms with Crippen molar-refractivity contribution in [3.63, 3.8) is 0 Å². The molecule has 0 aliphatic carbocycles. The molecule has 1 atom stereocenters. The quantitative estimate of drug-likeness (QED) is 0.835. The van der Waals surface area contributed by atoms with Gasteiger partial charge in [0, 0.05) is 30.7 Å². The molecule has 1 unspecified atom stereocenters. The monoisotopic (exact) mass is 251 g/mol. The number of nitrogens with zero attached hydrogens (tertiary/aromatic N) is 1. The molecule has 17 heavy (non-hydrogen) atoms. The number of amides is 1. The zero-order valence-electron chi connectivity index (χ0n) is 9.93. The highest BCUT2D eigenvalue weighted by Crippen LogP contribution is 2.15. The van der Waals surface area contributed by atoms with Gasteiger partial charge in [-0.05, 0) is 31.0 Å². The van der Waals surface area contributed by atoms with E-state index in [1.54, 1.807) is 11.0 Å². The van der Waals surface area contributed by atoms with Crippen molar-refractivity contribution in [1.29, 1.82) is 0 Å². The third-order valence-corrected chi connectivity index (χ3v) is 3.22. The molecule has 2 rings (SSSR count). The standard InChI is InChI=1S/C13H17NO2S/c1-14(9-11-5-3-7-16-11)13(15)10-4-2-6-12(17)8-10/h2,4,6,8,11,17H,3,5,7,9H2,1H3. The number of carbonyl (C=O) groups excluding carboxylic acids is 1. The second-order valence-electron chi connectivity index (χ2n) is 4.37. The van der Waals surface area contributed by atoms with E-state index < -0.39 is 0 Å². The first-order valence-electron chi connectivity index (χ1n) is 5.83. The van der Waals surface area contributed by atoms with E-state index >= 15 is 0 Å². The summed E-state index contributed by atoms with van der Waals surface area (Å²) in [5, 5.41) is 0. The van der Waals surface area contributed by atoms with Crippen molar-refractivity contribution in [3.8, 4) is 0 Å². The summed E-state index contributed by atoms with van der Waals surface area (Å²) in [7, 11) is 1.81. The van der Waals surface area contributed by atoms with Crippen LogP contribution in [-0.2, 0) is 4.74 Å². The van der Waals surface area contributed by atoms with E-state index in [2.05, 4.69) is 12.6 Å². The van der Waals surface area contributed by atoms with Crippen molar-refractivity contribution < 1.29 is 9.53 Å². The lowest BCUT2D eigenvalue weighted by molar-refractivity contribution is 0.0587. The van der Waals surface area contributed by atoms with Crippen LogP contribution in [0.4, 0.5) is 0 Å². The molecule has 1 saturated heterocycles. The molecule has 1 fully saturated rings. The first-order valence-corrected chi connectivity index (χ1v) is 6.27. The van der Waals surface area contributed by atoms with Gasteiger partial charge in [-0.2, -0.15) is 0 Å². The maximum Gasteiger partial charge on any atom is 0.253 e. The summed E-state index contributed by atoms with van der Waals surface area (Å²) in [5.74, 6) is 0.0244. The van der Waals surface area contributed by atoms with Crippen molar-refractivity contribution in [2.24, 2.45) is 0 Å². The predicted octanol–water partition coefficient (Wildman–Crippen LogP) is 2.23. The van der Waals surface area contributed by atoms with E-state index in [9.17, 15) is 4.79 Å². The molecule has 1 amide bonds. The maximum atomic E-state index is 12.1. The Labute approximate surface area is 107 Å². The number of ether oxygens (including phenoxy) is 1. The fraction of sp³-hybridized carbons (Fsp3) is 0.462. The molecule has 0 saturated carbocycles. The molecule has 1 aliphatic heterocycles. The van der Waals surface area contributed by atoms with Crippen LogP contribution < -0.4 is 0 Å². The zero-order valence-corrected chi connectivity index (χ0v) is 10.8. The average Bonchev–Trinajstić information content (AvgIpc) is 2.80. The lowest BCUT2D eigenvalue weighted by Gasteiger charge is -2.20. The highest BCUT2D eigenvalue weighted by Gasteiger charge is 2.20. The highest BCUT2D eigenvalue weighted by molar-refractivity contribution is 7.80. The van der Waals surface area contributed by atoms with Gasteiger partial charge in [0.05, 0.1) is 6.10 Å². The average molecular weight is 251 g/mol. The Balaban J connectivity index is 1.98. The van der Waals surface area contributed by atoms with E-state index in [-0.39, 0.29) is 12.0 Å². The number of benzene rings is 1. The fourth-order valence-corrected chi connectivity index (χ4v) is 2.26. The first kappa shape index (κ1) is 12.5. The Morgan fingerprint density at radius 1 is 1.59 bits per heavy atom. The van der Waals surface area contributed by atoms with Gasteiger partial charge in [0.15, 0.2) is 0 Å². The third-order valence-electron chi connectivity index (χ3n) is 2.94. The molecule has 1 aromatic carbocycles. The van der Waals surface area contributed by atoms with Gasteiger partial charge in [0.25, 0.3) is 5.91 Å². The molecule has 4 heteroatoms. The van der Waals surface area contributed by atoms with Crippen LogP contribution in [0, 0.1) is 0 Å². The van der Waals surface area contributed by atoms with Crippen LogP contribution in [0.5, 0.6) is 0 Å². The highest BCUT2D eigenvalue weighted by atomic mass is 32.1. The number of rotatable bonds is 3. The molecule has 0 N–H and O–H groups in total.